The molecule has 1 N–H and O–H groups in total. The fourth-order valence-electron chi connectivity index (χ4n) is 6.23. The van der Waals surface area contributed by atoms with Crippen LogP contribution in [0.15, 0.2) is 15.3 Å². The molecule has 5 rings (SSSR count). The van der Waals surface area contributed by atoms with E-state index in [1.807, 2.05) is 33.8 Å². The summed E-state index contributed by atoms with van der Waals surface area (Å²) in [7, 11) is 4.29. The van der Waals surface area contributed by atoms with Gasteiger partial charge < -0.3 is 24.3 Å². The summed E-state index contributed by atoms with van der Waals surface area (Å²) >= 11 is 3.76. The monoisotopic (exact) mass is 557 g/mol. The van der Waals surface area contributed by atoms with Gasteiger partial charge in [0.2, 0.25) is 0 Å². The molecule has 8 heteroatoms. The highest BCUT2D eigenvalue weighted by Gasteiger charge is 2.48. The summed E-state index contributed by atoms with van der Waals surface area (Å²) < 4.78 is 13.9. The lowest BCUT2D eigenvalue weighted by Crippen LogP contribution is -2.46. The molecule has 3 aliphatic rings. The minimum atomic E-state index is -0.744. The van der Waals surface area contributed by atoms with Gasteiger partial charge in [-0.25, -0.2) is 0 Å². The number of nitrogens with one attached hydrogen (secondary N) is 1. The number of nitrogens with zero attached hydrogens (tertiary/aromatic N) is 2. The third kappa shape index (κ3) is 4.16. The number of carbonyl (C=O) groups excluding carboxylic acids is 1. The predicted molar refractivity (Wildman–Crippen MR) is 143 cm³/mol. The number of rotatable bonds is 4. The van der Waals surface area contributed by atoms with Crippen LogP contribution >= 0.6 is 15.9 Å². The first-order valence-corrected chi connectivity index (χ1v) is 13.7. The van der Waals surface area contributed by atoms with E-state index in [0.717, 1.165) is 58.3 Å². The summed E-state index contributed by atoms with van der Waals surface area (Å²) in [5.74, 6) is 0.854. The first-order chi connectivity index (χ1) is 17.0. The highest BCUT2D eigenvalue weighted by molar-refractivity contribution is 9.10. The van der Waals surface area contributed by atoms with Gasteiger partial charge >= 0.3 is 0 Å². The van der Waals surface area contributed by atoms with Gasteiger partial charge in [-0.3, -0.25) is 9.59 Å². The molecular weight excluding hydrogens is 522 g/mol. The van der Waals surface area contributed by atoms with Crippen molar-refractivity contribution in [1.29, 1.82) is 0 Å². The first kappa shape index (κ1) is 25.3. The molecule has 3 heterocycles. The van der Waals surface area contributed by atoms with Gasteiger partial charge in [-0.05, 0) is 100 Å². The number of amides is 1. The Balaban J connectivity index is 1.43. The van der Waals surface area contributed by atoms with Gasteiger partial charge in [0.05, 0.1) is 16.6 Å². The molecule has 0 spiro atoms. The minimum absolute atomic E-state index is 0.0691. The zero-order valence-corrected chi connectivity index (χ0v) is 23.7. The number of halogens is 1. The number of aromatic nitrogens is 1. The van der Waals surface area contributed by atoms with E-state index < -0.39 is 5.79 Å². The number of benzene rings is 1. The number of ether oxygens (including phenoxy) is 2. The second-order valence-electron chi connectivity index (χ2n) is 11.1. The van der Waals surface area contributed by atoms with Crippen LogP contribution in [0.1, 0.15) is 70.9 Å². The van der Waals surface area contributed by atoms with Gasteiger partial charge in [-0.2, -0.15) is 0 Å². The number of fused-ring (bicyclic) bond motifs is 2. The van der Waals surface area contributed by atoms with E-state index in [2.05, 4.69) is 39.9 Å². The van der Waals surface area contributed by atoms with Gasteiger partial charge in [0.25, 0.3) is 17.3 Å². The fourth-order valence-corrected chi connectivity index (χ4v) is 6.89. The Morgan fingerprint density at radius 2 is 1.78 bits per heavy atom. The highest BCUT2D eigenvalue weighted by atomic mass is 79.9. The maximum atomic E-state index is 13.7. The average Bonchev–Trinajstić information content (AvgIpc) is 3.20. The van der Waals surface area contributed by atoms with Crippen LogP contribution in [0.2, 0.25) is 0 Å². The maximum absolute atomic E-state index is 13.7. The van der Waals surface area contributed by atoms with Crippen molar-refractivity contribution in [2.75, 3.05) is 20.6 Å². The maximum Gasteiger partial charge on any atom is 0.254 e. The van der Waals surface area contributed by atoms with Crippen LogP contribution in [0.4, 0.5) is 0 Å². The Bertz CT molecular complexity index is 1280. The summed E-state index contributed by atoms with van der Waals surface area (Å²) in [6, 6.07) is 2.55. The molecule has 1 aromatic heterocycles. The number of hydrogen-bond acceptors (Lipinski definition) is 5. The third-order valence-electron chi connectivity index (χ3n) is 8.44. The molecule has 1 atom stereocenters. The molecule has 194 valence electrons. The van der Waals surface area contributed by atoms with Crippen molar-refractivity contribution in [2.45, 2.75) is 78.2 Å². The Morgan fingerprint density at radius 1 is 1.11 bits per heavy atom. The zero-order chi connectivity index (χ0) is 25.9. The number of H-pyrrole nitrogens is 1. The Morgan fingerprint density at radius 3 is 2.42 bits per heavy atom. The van der Waals surface area contributed by atoms with E-state index in [1.54, 1.807) is 4.90 Å². The lowest BCUT2D eigenvalue weighted by atomic mass is 9.81. The minimum Gasteiger partial charge on any atom is -0.448 e. The van der Waals surface area contributed by atoms with Crippen molar-refractivity contribution in [3.8, 4) is 11.5 Å². The van der Waals surface area contributed by atoms with E-state index in [4.69, 9.17) is 9.47 Å². The van der Waals surface area contributed by atoms with Gasteiger partial charge in [0.1, 0.15) is 0 Å². The van der Waals surface area contributed by atoms with E-state index in [1.165, 1.54) is 0 Å². The van der Waals surface area contributed by atoms with Crippen molar-refractivity contribution in [2.24, 2.45) is 5.92 Å². The summed E-state index contributed by atoms with van der Waals surface area (Å²) in [5, 5.41) is 0. The van der Waals surface area contributed by atoms with E-state index in [0.29, 0.717) is 35.9 Å². The van der Waals surface area contributed by atoms with Gasteiger partial charge in [0, 0.05) is 42.2 Å². The molecule has 0 radical (unpaired) electrons. The number of carbonyl (C=O) groups is 1. The summed E-state index contributed by atoms with van der Waals surface area (Å²) in [5.41, 5.74) is 4.67. The van der Waals surface area contributed by atoms with Gasteiger partial charge in [0.15, 0.2) is 11.5 Å². The number of hydrogen-bond donors (Lipinski definition) is 1. The summed E-state index contributed by atoms with van der Waals surface area (Å²) in [4.78, 5) is 33.3. The lowest BCUT2D eigenvalue weighted by Gasteiger charge is -2.39. The quantitative estimate of drug-likeness (QED) is 0.580. The van der Waals surface area contributed by atoms with Crippen LogP contribution in [0.25, 0.3) is 0 Å². The van der Waals surface area contributed by atoms with Crippen molar-refractivity contribution < 1.29 is 14.3 Å². The third-order valence-corrected chi connectivity index (χ3v) is 9.28. The standard InChI is InChI=1S/C28H36BrN3O4/c1-15-13-16(2)30-26(33)21(15)14-32-12-11-20-22(27(32)34)17(3)24-25(23(20)29)36-28(4,35-24)18-7-9-19(10-8-18)31(5)6/h13,18-19H,7-12,14H2,1-6H3,(H,30,33)/t18?,19?,28-/m0/s1. The van der Waals surface area contributed by atoms with Crippen molar-refractivity contribution >= 4 is 21.8 Å². The van der Waals surface area contributed by atoms with Crippen LogP contribution in [0.5, 0.6) is 11.5 Å². The van der Waals surface area contributed by atoms with E-state index in [9.17, 15) is 9.59 Å². The molecule has 2 aromatic rings. The average molecular weight is 559 g/mol. The van der Waals surface area contributed by atoms with Crippen molar-refractivity contribution in [1.82, 2.24) is 14.8 Å². The van der Waals surface area contributed by atoms with Gasteiger partial charge in [-0.15, -0.1) is 0 Å². The molecule has 2 aliphatic heterocycles. The number of pyridine rings is 1. The molecule has 0 unspecified atom stereocenters. The Labute approximate surface area is 221 Å². The normalized spacial score (nSPS) is 25.4. The molecule has 1 amide bonds. The number of aryl methyl sites for hydroxylation is 2. The molecule has 0 saturated heterocycles. The predicted octanol–water partition coefficient (Wildman–Crippen LogP) is 4.87. The molecule has 1 aliphatic carbocycles. The van der Waals surface area contributed by atoms with Crippen molar-refractivity contribution in [3.63, 3.8) is 0 Å². The van der Waals surface area contributed by atoms with Gasteiger partial charge in [-0.1, -0.05) is 0 Å². The highest BCUT2D eigenvalue weighted by Crippen LogP contribution is 2.54. The van der Waals surface area contributed by atoms with E-state index >= 15 is 0 Å². The van der Waals surface area contributed by atoms with Crippen LogP contribution in [-0.2, 0) is 13.0 Å². The zero-order valence-electron chi connectivity index (χ0n) is 22.1. The van der Waals surface area contributed by atoms with Crippen LogP contribution in [-0.4, -0.2) is 53.2 Å². The molecular formula is C28H36BrN3O4. The fraction of sp³-hybridized carbons (Fsp3) is 0.571. The molecule has 0 bridgehead atoms. The second kappa shape index (κ2) is 9.21. The molecule has 7 nitrogen and oxygen atoms in total. The molecule has 1 fully saturated rings. The Kier molecular flexibility index (Phi) is 6.48. The number of aromatic amines is 1. The van der Waals surface area contributed by atoms with Crippen molar-refractivity contribution in [3.05, 3.63) is 54.4 Å². The summed E-state index contributed by atoms with van der Waals surface area (Å²) in [6.07, 6.45) is 5.02. The largest absolute Gasteiger partial charge is 0.448 e. The smallest absolute Gasteiger partial charge is 0.254 e. The van der Waals surface area contributed by atoms with Crippen LogP contribution < -0.4 is 15.0 Å². The topological polar surface area (TPSA) is 74.9 Å². The summed E-state index contributed by atoms with van der Waals surface area (Å²) in [6.45, 7) is 8.62. The first-order valence-electron chi connectivity index (χ1n) is 12.9. The van der Waals surface area contributed by atoms with Crippen LogP contribution in [0, 0.1) is 26.7 Å². The molecule has 1 aromatic carbocycles. The molecule has 36 heavy (non-hydrogen) atoms. The SMILES string of the molecule is Cc1cc(C)c(CN2CCc3c(Br)c4c(c(C)c3C2=O)O[C@](C)(C2CCC(N(C)C)CC2)O4)c(=O)[nH]1. The Hall–Kier alpha value is -2.32. The lowest BCUT2D eigenvalue weighted by molar-refractivity contribution is -0.123. The second-order valence-corrected chi connectivity index (χ2v) is 11.9. The molecule has 1 saturated carbocycles. The van der Waals surface area contributed by atoms with Crippen LogP contribution in [0.3, 0.4) is 0 Å². The van der Waals surface area contributed by atoms with E-state index in [-0.39, 0.29) is 23.9 Å².